The lowest BCUT2D eigenvalue weighted by Gasteiger charge is -2.07. The summed E-state index contributed by atoms with van der Waals surface area (Å²) in [5.41, 5.74) is -0.384. The Balaban J connectivity index is 1.78. The van der Waals surface area contributed by atoms with Crippen LogP contribution in [0.3, 0.4) is 0 Å². The largest absolute Gasteiger partial charge is 0.468 e. The lowest BCUT2D eigenvalue weighted by molar-refractivity contribution is -0.116. The minimum absolute atomic E-state index is 0.0547. The Morgan fingerprint density at radius 3 is 2.67 bits per heavy atom. The molecule has 0 bridgehead atoms. The van der Waals surface area contributed by atoms with Gasteiger partial charge in [0.15, 0.2) is 17.5 Å². The molecule has 4 nitrogen and oxygen atoms in total. The molecule has 1 heterocycles. The van der Waals surface area contributed by atoms with E-state index in [1.54, 1.807) is 12.1 Å². The number of halogens is 3. The lowest BCUT2D eigenvalue weighted by atomic mass is 10.2. The number of hydrogen-bond acceptors (Lipinski definition) is 3. The first-order chi connectivity index (χ1) is 10.1. The van der Waals surface area contributed by atoms with E-state index in [4.69, 9.17) is 4.42 Å². The number of amides is 1. The number of anilines is 1. The van der Waals surface area contributed by atoms with Crippen LogP contribution < -0.4 is 10.6 Å². The molecule has 0 aliphatic rings. The summed E-state index contributed by atoms with van der Waals surface area (Å²) in [5, 5.41) is 5.15. The third-order valence-corrected chi connectivity index (χ3v) is 2.72. The summed E-state index contributed by atoms with van der Waals surface area (Å²) < 4.78 is 44.1. The quantitative estimate of drug-likeness (QED) is 0.637. The Hall–Kier alpha value is -2.28. The molecular weight excluding hydrogens is 285 g/mol. The van der Waals surface area contributed by atoms with Gasteiger partial charge in [-0.05, 0) is 24.3 Å². The standard InChI is InChI=1S/C14H13F3N2O2/c15-10-3-4-11(14(17)13(10)16)19-12(20)5-6-18-8-9-2-1-7-21-9/h1-4,7,18H,5-6,8H2,(H,19,20). The zero-order chi connectivity index (χ0) is 15.2. The smallest absolute Gasteiger partial charge is 0.225 e. The molecule has 0 aliphatic heterocycles. The highest BCUT2D eigenvalue weighted by Gasteiger charge is 2.14. The van der Waals surface area contributed by atoms with E-state index in [0.29, 0.717) is 13.1 Å². The van der Waals surface area contributed by atoms with E-state index >= 15 is 0 Å². The molecule has 2 aromatic rings. The van der Waals surface area contributed by atoms with Gasteiger partial charge in [0.05, 0.1) is 18.5 Å². The molecule has 0 atom stereocenters. The Morgan fingerprint density at radius 2 is 1.95 bits per heavy atom. The van der Waals surface area contributed by atoms with Crippen molar-refractivity contribution in [3.8, 4) is 0 Å². The van der Waals surface area contributed by atoms with Crippen molar-refractivity contribution in [1.29, 1.82) is 0 Å². The Morgan fingerprint density at radius 1 is 1.14 bits per heavy atom. The zero-order valence-electron chi connectivity index (χ0n) is 11.0. The Kier molecular flexibility index (Phi) is 4.99. The predicted molar refractivity (Wildman–Crippen MR) is 70.0 cm³/mol. The van der Waals surface area contributed by atoms with Gasteiger partial charge in [-0.15, -0.1) is 0 Å². The molecule has 0 radical (unpaired) electrons. The first-order valence-corrected chi connectivity index (χ1v) is 6.24. The van der Waals surface area contributed by atoms with Gasteiger partial charge in [0.25, 0.3) is 0 Å². The summed E-state index contributed by atoms with van der Waals surface area (Å²) in [5.74, 6) is -4.10. The summed E-state index contributed by atoms with van der Waals surface area (Å²) in [6.07, 6.45) is 1.59. The van der Waals surface area contributed by atoms with Gasteiger partial charge in [-0.25, -0.2) is 13.2 Å². The topological polar surface area (TPSA) is 54.3 Å². The van der Waals surface area contributed by atoms with Crippen molar-refractivity contribution in [3.63, 3.8) is 0 Å². The van der Waals surface area contributed by atoms with E-state index in [2.05, 4.69) is 10.6 Å². The van der Waals surface area contributed by atoms with Gasteiger partial charge in [-0.1, -0.05) is 0 Å². The zero-order valence-corrected chi connectivity index (χ0v) is 11.0. The minimum Gasteiger partial charge on any atom is -0.468 e. The fourth-order valence-electron chi connectivity index (χ4n) is 1.66. The molecule has 1 aromatic carbocycles. The highest BCUT2D eigenvalue weighted by atomic mass is 19.2. The molecule has 112 valence electrons. The van der Waals surface area contributed by atoms with Crippen molar-refractivity contribution in [3.05, 3.63) is 53.7 Å². The molecule has 2 rings (SSSR count). The average molecular weight is 298 g/mol. The van der Waals surface area contributed by atoms with Crippen molar-refractivity contribution in [2.45, 2.75) is 13.0 Å². The summed E-state index contributed by atoms with van der Waals surface area (Å²) in [6, 6.07) is 5.25. The molecular formula is C14H13F3N2O2. The molecule has 0 saturated heterocycles. The van der Waals surface area contributed by atoms with Crippen molar-refractivity contribution in [2.75, 3.05) is 11.9 Å². The van der Waals surface area contributed by atoms with E-state index in [-0.39, 0.29) is 12.1 Å². The fraction of sp³-hybridized carbons (Fsp3) is 0.214. The second-order valence-electron chi connectivity index (χ2n) is 4.28. The lowest BCUT2D eigenvalue weighted by Crippen LogP contribution is -2.22. The highest BCUT2D eigenvalue weighted by Crippen LogP contribution is 2.19. The fourth-order valence-corrected chi connectivity index (χ4v) is 1.66. The molecule has 0 unspecified atom stereocenters. The van der Waals surface area contributed by atoms with Crippen molar-refractivity contribution < 1.29 is 22.4 Å². The van der Waals surface area contributed by atoms with Gasteiger partial charge in [-0.2, -0.15) is 0 Å². The first-order valence-electron chi connectivity index (χ1n) is 6.24. The van der Waals surface area contributed by atoms with Gasteiger partial charge in [0.2, 0.25) is 5.91 Å². The summed E-state index contributed by atoms with van der Waals surface area (Å²) in [7, 11) is 0. The number of benzene rings is 1. The Bertz CT molecular complexity index is 615. The second kappa shape index (κ2) is 6.94. The average Bonchev–Trinajstić information content (AvgIpc) is 2.98. The van der Waals surface area contributed by atoms with E-state index < -0.39 is 23.4 Å². The number of hydrogen-bond donors (Lipinski definition) is 2. The second-order valence-corrected chi connectivity index (χ2v) is 4.28. The molecule has 1 amide bonds. The van der Waals surface area contributed by atoms with Crippen molar-refractivity contribution in [2.24, 2.45) is 0 Å². The van der Waals surface area contributed by atoms with Crippen LogP contribution in [-0.2, 0) is 11.3 Å². The maximum atomic E-state index is 13.3. The highest BCUT2D eigenvalue weighted by molar-refractivity contribution is 5.90. The molecule has 1 aromatic heterocycles. The van der Waals surface area contributed by atoms with Crippen LogP contribution in [0.1, 0.15) is 12.2 Å². The molecule has 2 N–H and O–H groups in total. The van der Waals surface area contributed by atoms with E-state index in [1.165, 1.54) is 6.26 Å². The van der Waals surface area contributed by atoms with Gasteiger partial charge in [-0.3, -0.25) is 4.79 Å². The predicted octanol–water partition coefficient (Wildman–Crippen LogP) is 2.82. The van der Waals surface area contributed by atoms with Gasteiger partial charge in [0.1, 0.15) is 5.76 Å². The van der Waals surface area contributed by atoms with E-state index in [9.17, 15) is 18.0 Å². The Labute approximate surface area is 119 Å². The van der Waals surface area contributed by atoms with Gasteiger partial charge in [0, 0.05) is 13.0 Å². The van der Waals surface area contributed by atoms with Crippen LogP contribution in [0.15, 0.2) is 34.9 Å². The van der Waals surface area contributed by atoms with Crippen LogP contribution in [0, 0.1) is 17.5 Å². The summed E-state index contributed by atoms with van der Waals surface area (Å²) in [6.45, 7) is 0.789. The molecule has 0 aliphatic carbocycles. The first kappa shape index (κ1) is 15.1. The number of nitrogens with one attached hydrogen (secondary N) is 2. The monoisotopic (exact) mass is 298 g/mol. The maximum Gasteiger partial charge on any atom is 0.225 e. The van der Waals surface area contributed by atoms with Crippen molar-refractivity contribution >= 4 is 11.6 Å². The van der Waals surface area contributed by atoms with Crippen LogP contribution in [0.2, 0.25) is 0 Å². The van der Waals surface area contributed by atoms with Crippen molar-refractivity contribution in [1.82, 2.24) is 5.32 Å². The maximum absolute atomic E-state index is 13.3. The van der Waals surface area contributed by atoms with Crippen LogP contribution >= 0.6 is 0 Å². The third-order valence-electron chi connectivity index (χ3n) is 2.72. The normalized spacial score (nSPS) is 10.6. The molecule has 7 heteroatoms. The van der Waals surface area contributed by atoms with Gasteiger partial charge >= 0.3 is 0 Å². The molecule has 0 saturated carbocycles. The van der Waals surface area contributed by atoms with Crippen LogP contribution in [0.4, 0.5) is 18.9 Å². The molecule has 21 heavy (non-hydrogen) atoms. The number of furan rings is 1. The van der Waals surface area contributed by atoms with E-state index in [1.807, 2.05) is 0 Å². The van der Waals surface area contributed by atoms with Crippen LogP contribution in [0.25, 0.3) is 0 Å². The number of carbonyl (C=O) groups is 1. The van der Waals surface area contributed by atoms with E-state index in [0.717, 1.165) is 17.9 Å². The number of rotatable bonds is 6. The third kappa shape index (κ3) is 4.09. The summed E-state index contributed by atoms with van der Waals surface area (Å²) in [4.78, 5) is 11.6. The summed E-state index contributed by atoms with van der Waals surface area (Å²) >= 11 is 0. The van der Waals surface area contributed by atoms with Gasteiger partial charge < -0.3 is 15.1 Å². The minimum atomic E-state index is -1.61. The van der Waals surface area contributed by atoms with Crippen LogP contribution in [-0.4, -0.2) is 12.5 Å². The SMILES string of the molecule is O=C(CCNCc1ccco1)Nc1ccc(F)c(F)c1F. The number of carbonyl (C=O) groups excluding carboxylic acids is 1. The van der Waals surface area contributed by atoms with Crippen LogP contribution in [0.5, 0.6) is 0 Å². The molecule has 0 fully saturated rings. The molecule has 0 spiro atoms.